The molecule has 1 aromatic carbocycles. The van der Waals surface area contributed by atoms with Gasteiger partial charge < -0.3 is 4.74 Å². The van der Waals surface area contributed by atoms with E-state index in [0.29, 0.717) is 6.04 Å². The Morgan fingerprint density at radius 3 is 2.58 bits per heavy atom. The summed E-state index contributed by atoms with van der Waals surface area (Å²) in [5, 5.41) is 0. The Kier molecular flexibility index (Phi) is 7.76. The van der Waals surface area contributed by atoms with Gasteiger partial charge in [-0.2, -0.15) is 0 Å². The molecule has 2 atom stereocenters. The Hall–Kier alpha value is -0.860. The Balaban J connectivity index is 0.000000861. The molecule has 1 heterocycles. The second kappa shape index (κ2) is 9.11. The molecule has 0 spiro atoms. The third-order valence-electron chi connectivity index (χ3n) is 3.88. The summed E-state index contributed by atoms with van der Waals surface area (Å²) in [6.45, 7) is 9.66. The van der Waals surface area contributed by atoms with E-state index in [2.05, 4.69) is 42.2 Å². The molecule has 0 saturated carbocycles. The standard InChI is InChI=1S/C15H23NO.C2H6/c1-13(15-6-4-3-5-7-15)16-10-8-14(12-16)9-11-17-2;1-2/h3-7,13-14H,8-12H2,1-2H3;1-2H3. The minimum absolute atomic E-state index is 0.545. The second-order valence-corrected chi connectivity index (χ2v) is 5.02. The van der Waals surface area contributed by atoms with E-state index in [9.17, 15) is 0 Å². The fourth-order valence-electron chi connectivity index (χ4n) is 2.68. The number of rotatable bonds is 5. The van der Waals surface area contributed by atoms with Gasteiger partial charge in [-0.1, -0.05) is 44.2 Å². The second-order valence-electron chi connectivity index (χ2n) is 5.02. The van der Waals surface area contributed by atoms with Crippen LogP contribution in [0.5, 0.6) is 0 Å². The van der Waals surface area contributed by atoms with Gasteiger partial charge in [0, 0.05) is 26.3 Å². The van der Waals surface area contributed by atoms with Crippen LogP contribution in [0.25, 0.3) is 0 Å². The molecule has 1 aliphatic rings. The summed E-state index contributed by atoms with van der Waals surface area (Å²) in [4.78, 5) is 2.59. The van der Waals surface area contributed by atoms with Crippen LogP contribution in [0.2, 0.25) is 0 Å². The number of hydrogen-bond donors (Lipinski definition) is 0. The Morgan fingerprint density at radius 2 is 1.95 bits per heavy atom. The van der Waals surface area contributed by atoms with Crippen LogP contribution in [0.3, 0.4) is 0 Å². The average Bonchev–Trinajstić information content (AvgIpc) is 2.96. The van der Waals surface area contributed by atoms with Crippen LogP contribution in [0.15, 0.2) is 30.3 Å². The third kappa shape index (κ3) is 4.96. The van der Waals surface area contributed by atoms with Gasteiger partial charge in [-0.25, -0.2) is 0 Å². The SMILES string of the molecule is CC.COCCC1CCN(C(C)c2ccccc2)C1. The van der Waals surface area contributed by atoms with Gasteiger partial charge in [-0.3, -0.25) is 4.90 Å². The molecule has 2 unspecified atom stereocenters. The van der Waals surface area contributed by atoms with Gasteiger partial charge in [0.25, 0.3) is 0 Å². The lowest BCUT2D eigenvalue weighted by Gasteiger charge is -2.24. The zero-order valence-corrected chi connectivity index (χ0v) is 12.9. The summed E-state index contributed by atoms with van der Waals surface area (Å²) in [6, 6.07) is 11.3. The monoisotopic (exact) mass is 263 g/mol. The molecule has 1 aromatic rings. The molecule has 108 valence electrons. The van der Waals surface area contributed by atoms with Gasteiger partial charge in [0.2, 0.25) is 0 Å². The largest absolute Gasteiger partial charge is 0.385 e. The van der Waals surface area contributed by atoms with Crippen molar-refractivity contribution in [1.82, 2.24) is 4.90 Å². The van der Waals surface area contributed by atoms with Crippen molar-refractivity contribution in [2.45, 2.75) is 39.7 Å². The summed E-state index contributed by atoms with van der Waals surface area (Å²) >= 11 is 0. The maximum Gasteiger partial charge on any atom is 0.0465 e. The number of likely N-dealkylation sites (tertiary alicyclic amines) is 1. The van der Waals surface area contributed by atoms with Crippen molar-refractivity contribution in [3.8, 4) is 0 Å². The van der Waals surface area contributed by atoms with E-state index in [4.69, 9.17) is 4.74 Å². The van der Waals surface area contributed by atoms with Gasteiger partial charge in [0.05, 0.1) is 0 Å². The molecular weight excluding hydrogens is 234 g/mol. The fraction of sp³-hybridized carbons (Fsp3) is 0.647. The van der Waals surface area contributed by atoms with E-state index in [1.165, 1.54) is 31.5 Å². The van der Waals surface area contributed by atoms with Crippen molar-refractivity contribution >= 4 is 0 Å². The van der Waals surface area contributed by atoms with Crippen molar-refractivity contribution in [3.05, 3.63) is 35.9 Å². The van der Waals surface area contributed by atoms with Crippen LogP contribution in [0.1, 0.15) is 45.2 Å². The van der Waals surface area contributed by atoms with Crippen LogP contribution in [0, 0.1) is 5.92 Å². The lowest BCUT2D eigenvalue weighted by atomic mass is 10.1. The first-order valence-electron chi connectivity index (χ1n) is 7.59. The van der Waals surface area contributed by atoms with Crippen LogP contribution < -0.4 is 0 Å². The van der Waals surface area contributed by atoms with E-state index in [1.807, 2.05) is 13.8 Å². The molecule has 0 N–H and O–H groups in total. The van der Waals surface area contributed by atoms with Crippen LogP contribution >= 0.6 is 0 Å². The molecule has 2 heteroatoms. The molecule has 0 aromatic heterocycles. The predicted octanol–water partition coefficient (Wildman–Crippen LogP) is 4.13. The Morgan fingerprint density at radius 1 is 1.26 bits per heavy atom. The third-order valence-corrected chi connectivity index (χ3v) is 3.88. The van der Waals surface area contributed by atoms with Crippen molar-refractivity contribution < 1.29 is 4.74 Å². The molecule has 2 rings (SSSR count). The van der Waals surface area contributed by atoms with Crippen molar-refractivity contribution in [2.75, 3.05) is 26.8 Å². The highest BCUT2D eigenvalue weighted by molar-refractivity contribution is 5.18. The molecule has 1 saturated heterocycles. The number of methoxy groups -OCH3 is 1. The minimum Gasteiger partial charge on any atom is -0.385 e. The fourth-order valence-corrected chi connectivity index (χ4v) is 2.68. The molecule has 0 bridgehead atoms. The number of benzene rings is 1. The highest BCUT2D eigenvalue weighted by Gasteiger charge is 2.26. The van der Waals surface area contributed by atoms with E-state index in [-0.39, 0.29) is 0 Å². The zero-order valence-electron chi connectivity index (χ0n) is 12.9. The normalized spacial score (nSPS) is 20.7. The van der Waals surface area contributed by atoms with Crippen molar-refractivity contribution in [3.63, 3.8) is 0 Å². The smallest absolute Gasteiger partial charge is 0.0465 e. The lowest BCUT2D eigenvalue weighted by Crippen LogP contribution is -2.24. The first-order valence-corrected chi connectivity index (χ1v) is 7.59. The maximum absolute atomic E-state index is 5.17. The zero-order chi connectivity index (χ0) is 14.1. The van der Waals surface area contributed by atoms with Gasteiger partial charge in [0.15, 0.2) is 0 Å². The summed E-state index contributed by atoms with van der Waals surface area (Å²) in [5.41, 5.74) is 1.43. The Labute approximate surface area is 118 Å². The first kappa shape index (κ1) is 16.2. The first-order chi connectivity index (χ1) is 9.31. The van der Waals surface area contributed by atoms with E-state index in [0.717, 1.165) is 12.5 Å². The topological polar surface area (TPSA) is 12.5 Å². The number of ether oxygens (including phenoxy) is 1. The molecule has 1 fully saturated rings. The van der Waals surface area contributed by atoms with Gasteiger partial charge in [-0.15, -0.1) is 0 Å². The summed E-state index contributed by atoms with van der Waals surface area (Å²) in [6.07, 6.45) is 2.52. The van der Waals surface area contributed by atoms with Crippen molar-refractivity contribution in [1.29, 1.82) is 0 Å². The van der Waals surface area contributed by atoms with Crippen LogP contribution in [0.4, 0.5) is 0 Å². The maximum atomic E-state index is 5.17. The van der Waals surface area contributed by atoms with Crippen molar-refractivity contribution in [2.24, 2.45) is 5.92 Å². The lowest BCUT2D eigenvalue weighted by molar-refractivity contribution is 0.174. The highest BCUT2D eigenvalue weighted by atomic mass is 16.5. The predicted molar refractivity (Wildman–Crippen MR) is 82.4 cm³/mol. The number of hydrogen-bond acceptors (Lipinski definition) is 2. The molecule has 1 aliphatic heterocycles. The molecule has 0 aliphatic carbocycles. The van der Waals surface area contributed by atoms with Gasteiger partial charge in [0.1, 0.15) is 0 Å². The molecule has 0 radical (unpaired) electrons. The quantitative estimate of drug-likeness (QED) is 0.792. The van der Waals surface area contributed by atoms with Crippen LogP contribution in [-0.2, 0) is 4.74 Å². The number of nitrogens with zero attached hydrogens (tertiary/aromatic N) is 1. The summed E-state index contributed by atoms with van der Waals surface area (Å²) in [7, 11) is 1.79. The van der Waals surface area contributed by atoms with E-state index < -0.39 is 0 Å². The molecule has 0 amide bonds. The molecule has 19 heavy (non-hydrogen) atoms. The van der Waals surface area contributed by atoms with E-state index in [1.54, 1.807) is 7.11 Å². The Bertz CT molecular complexity index is 325. The molecule has 2 nitrogen and oxygen atoms in total. The summed E-state index contributed by atoms with van der Waals surface area (Å²) in [5.74, 6) is 0.820. The average molecular weight is 263 g/mol. The molecular formula is C17H29NO. The van der Waals surface area contributed by atoms with Crippen LogP contribution in [-0.4, -0.2) is 31.7 Å². The summed E-state index contributed by atoms with van der Waals surface area (Å²) < 4.78 is 5.17. The van der Waals surface area contributed by atoms with E-state index >= 15 is 0 Å². The minimum atomic E-state index is 0.545. The van der Waals surface area contributed by atoms with Gasteiger partial charge >= 0.3 is 0 Å². The van der Waals surface area contributed by atoms with Gasteiger partial charge in [-0.05, 0) is 37.8 Å². The highest BCUT2D eigenvalue weighted by Crippen LogP contribution is 2.28.